The number of alkyl halides is 3. The second-order valence-electron chi connectivity index (χ2n) is 5.72. The lowest BCUT2D eigenvalue weighted by atomic mass is 10.2. The van der Waals surface area contributed by atoms with Crippen LogP contribution in [0.3, 0.4) is 0 Å². The van der Waals surface area contributed by atoms with Crippen LogP contribution in [0.1, 0.15) is 25.1 Å². The fourth-order valence-corrected chi connectivity index (χ4v) is 3.41. The number of nitriles is 1. The zero-order valence-corrected chi connectivity index (χ0v) is 14.9. The van der Waals surface area contributed by atoms with Gasteiger partial charge in [-0.05, 0) is 26.0 Å². The molecule has 0 amide bonds. The quantitative estimate of drug-likeness (QED) is 0.742. The fourth-order valence-electron chi connectivity index (χ4n) is 1.91. The van der Waals surface area contributed by atoms with Crippen molar-refractivity contribution in [2.24, 2.45) is 5.73 Å². The predicted octanol–water partition coefficient (Wildman–Crippen LogP) is 1.78. The van der Waals surface area contributed by atoms with Crippen molar-refractivity contribution >= 4 is 21.6 Å². The van der Waals surface area contributed by atoms with E-state index in [4.69, 9.17) is 22.6 Å². The molecule has 2 heterocycles. The molecule has 0 atom stereocenters. The number of nitrogens with two attached hydrogens (primary N) is 1. The fraction of sp³-hybridized carbons (Fsp3) is 0.308. The Morgan fingerprint density at radius 1 is 1.35 bits per heavy atom. The first kappa shape index (κ1) is 20.1. The monoisotopic (exact) mass is 408 g/mol. The van der Waals surface area contributed by atoms with Gasteiger partial charge >= 0.3 is 6.18 Å². The van der Waals surface area contributed by atoms with Gasteiger partial charge in [0.05, 0.1) is 5.66 Å². The molecule has 0 aliphatic rings. The number of nitrogens with one attached hydrogen (secondary N) is 1. The zero-order chi connectivity index (χ0) is 19.9. The SMILES string of the molecule is CC(C)(N)NS(=O)(=O)c1ccc(-n2nc(C(F)(F)F)c(C#N)c2Cl)nc1. The van der Waals surface area contributed by atoms with Crippen LogP contribution in [0.5, 0.6) is 0 Å². The molecule has 3 N–H and O–H groups in total. The Hall–Kier alpha value is -2.20. The standard InChI is InChI=1S/C13H12ClF3N6O2S/c1-12(2,19)22-26(24,25)7-3-4-9(20-6-7)23-11(14)8(5-18)10(21-23)13(15,16)17/h3-4,6,22H,19H2,1-2H3. The van der Waals surface area contributed by atoms with E-state index in [1.54, 1.807) is 0 Å². The molecule has 26 heavy (non-hydrogen) atoms. The van der Waals surface area contributed by atoms with Gasteiger partial charge in [-0.2, -0.15) is 28.3 Å². The largest absolute Gasteiger partial charge is 0.436 e. The molecule has 2 aromatic heterocycles. The minimum Gasteiger partial charge on any atom is -0.313 e. The Morgan fingerprint density at radius 2 is 1.96 bits per heavy atom. The minimum absolute atomic E-state index is 0.201. The molecule has 140 valence electrons. The Balaban J connectivity index is 2.48. The second-order valence-corrected chi connectivity index (χ2v) is 7.76. The summed E-state index contributed by atoms with van der Waals surface area (Å²) in [6.45, 7) is 2.86. The van der Waals surface area contributed by atoms with Crippen LogP contribution < -0.4 is 10.5 Å². The molecule has 13 heteroatoms. The summed E-state index contributed by atoms with van der Waals surface area (Å²) < 4.78 is 65.8. The van der Waals surface area contributed by atoms with Crippen molar-refractivity contribution in [2.75, 3.05) is 0 Å². The average molecular weight is 409 g/mol. The molecule has 2 aromatic rings. The van der Waals surface area contributed by atoms with Gasteiger partial charge in [0.1, 0.15) is 16.5 Å². The van der Waals surface area contributed by atoms with Crippen molar-refractivity contribution in [1.29, 1.82) is 5.26 Å². The molecule has 0 unspecified atom stereocenters. The van der Waals surface area contributed by atoms with Gasteiger partial charge in [-0.15, -0.1) is 0 Å². The van der Waals surface area contributed by atoms with E-state index in [1.807, 2.05) is 0 Å². The topological polar surface area (TPSA) is 127 Å². The van der Waals surface area contributed by atoms with Gasteiger partial charge in [-0.1, -0.05) is 11.6 Å². The third kappa shape index (κ3) is 4.13. The molecule has 0 saturated heterocycles. The molecular weight excluding hydrogens is 397 g/mol. The maximum atomic E-state index is 12.9. The number of hydrogen-bond acceptors (Lipinski definition) is 6. The van der Waals surface area contributed by atoms with Crippen molar-refractivity contribution in [3.05, 3.63) is 34.7 Å². The van der Waals surface area contributed by atoms with E-state index in [9.17, 15) is 21.6 Å². The summed E-state index contributed by atoms with van der Waals surface area (Å²) in [7, 11) is -3.99. The summed E-state index contributed by atoms with van der Waals surface area (Å²) in [5.74, 6) is -0.201. The van der Waals surface area contributed by atoms with Crippen LogP contribution in [0.25, 0.3) is 5.82 Å². The maximum absolute atomic E-state index is 12.9. The van der Waals surface area contributed by atoms with E-state index in [2.05, 4.69) is 14.8 Å². The first-order valence-corrected chi connectivity index (χ1v) is 8.67. The zero-order valence-electron chi connectivity index (χ0n) is 13.3. The number of aromatic nitrogens is 3. The summed E-state index contributed by atoms with van der Waals surface area (Å²) in [6.07, 6.45) is -3.99. The van der Waals surface area contributed by atoms with Crippen molar-refractivity contribution < 1.29 is 21.6 Å². The number of halogens is 4. The van der Waals surface area contributed by atoms with Gasteiger partial charge < -0.3 is 5.73 Å². The van der Waals surface area contributed by atoms with Crippen molar-refractivity contribution in [3.8, 4) is 11.9 Å². The Morgan fingerprint density at radius 3 is 2.35 bits per heavy atom. The third-order valence-corrected chi connectivity index (χ3v) is 4.86. The van der Waals surface area contributed by atoms with E-state index in [0.29, 0.717) is 4.68 Å². The molecular formula is C13H12ClF3N6O2S. The van der Waals surface area contributed by atoms with E-state index >= 15 is 0 Å². The molecule has 0 fully saturated rings. The average Bonchev–Trinajstić information content (AvgIpc) is 2.82. The number of nitrogens with zero attached hydrogens (tertiary/aromatic N) is 4. The first-order chi connectivity index (χ1) is 11.8. The Kier molecular flexibility index (Phi) is 5.04. The molecule has 0 saturated carbocycles. The summed E-state index contributed by atoms with van der Waals surface area (Å²) >= 11 is 5.78. The molecule has 0 aliphatic carbocycles. The smallest absolute Gasteiger partial charge is 0.313 e. The molecule has 8 nitrogen and oxygen atoms in total. The molecule has 2 rings (SSSR count). The maximum Gasteiger partial charge on any atom is 0.436 e. The van der Waals surface area contributed by atoms with Crippen LogP contribution in [0, 0.1) is 11.3 Å². The van der Waals surface area contributed by atoms with E-state index in [1.165, 1.54) is 19.9 Å². The van der Waals surface area contributed by atoms with Crippen LogP contribution >= 0.6 is 11.6 Å². The Bertz CT molecular complexity index is 972. The molecule has 0 spiro atoms. The lowest BCUT2D eigenvalue weighted by molar-refractivity contribution is -0.141. The van der Waals surface area contributed by atoms with Gasteiger partial charge in [0.15, 0.2) is 16.7 Å². The second kappa shape index (κ2) is 6.51. The number of pyridine rings is 1. The molecule has 0 aromatic carbocycles. The first-order valence-electron chi connectivity index (χ1n) is 6.81. The van der Waals surface area contributed by atoms with Gasteiger partial charge in [-0.3, -0.25) is 0 Å². The van der Waals surface area contributed by atoms with Gasteiger partial charge in [0.25, 0.3) is 0 Å². The lowest BCUT2D eigenvalue weighted by Crippen LogP contribution is -2.50. The van der Waals surface area contributed by atoms with E-state index in [-0.39, 0.29) is 10.7 Å². The third-order valence-electron chi connectivity index (χ3n) is 2.85. The van der Waals surface area contributed by atoms with Crippen LogP contribution in [0.2, 0.25) is 5.15 Å². The highest BCUT2D eigenvalue weighted by Crippen LogP contribution is 2.34. The van der Waals surface area contributed by atoms with Crippen LogP contribution in [-0.2, 0) is 16.2 Å². The predicted molar refractivity (Wildman–Crippen MR) is 84.7 cm³/mol. The van der Waals surface area contributed by atoms with Crippen LogP contribution in [0.15, 0.2) is 23.2 Å². The van der Waals surface area contributed by atoms with Crippen LogP contribution in [0.4, 0.5) is 13.2 Å². The number of sulfonamides is 1. The number of hydrogen-bond donors (Lipinski definition) is 2. The van der Waals surface area contributed by atoms with Gasteiger partial charge in [0.2, 0.25) is 10.0 Å². The van der Waals surface area contributed by atoms with E-state index < -0.39 is 38.3 Å². The van der Waals surface area contributed by atoms with Crippen molar-refractivity contribution in [2.45, 2.75) is 30.6 Å². The molecule has 0 bridgehead atoms. The highest BCUT2D eigenvalue weighted by Gasteiger charge is 2.39. The van der Waals surface area contributed by atoms with Crippen LogP contribution in [-0.4, -0.2) is 28.8 Å². The van der Waals surface area contributed by atoms with E-state index in [0.717, 1.165) is 18.3 Å². The van der Waals surface area contributed by atoms with Gasteiger partial charge in [0, 0.05) is 6.20 Å². The number of rotatable bonds is 4. The highest BCUT2D eigenvalue weighted by molar-refractivity contribution is 7.89. The summed E-state index contributed by atoms with van der Waals surface area (Å²) in [4.78, 5) is 3.49. The van der Waals surface area contributed by atoms with Crippen molar-refractivity contribution in [1.82, 2.24) is 19.5 Å². The summed E-state index contributed by atoms with van der Waals surface area (Å²) in [5.41, 5.74) is 2.05. The summed E-state index contributed by atoms with van der Waals surface area (Å²) in [5, 5.41) is 11.5. The molecule has 0 radical (unpaired) electrons. The normalized spacial score (nSPS) is 12.8. The van der Waals surface area contributed by atoms with Crippen molar-refractivity contribution in [3.63, 3.8) is 0 Å². The van der Waals surface area contributed by atoms with Gasteiger partial charge in [-0.25, -0.2) is 18.1 Å². The molecule has 0 aliphatic heterocycles. The summed E-state index contributed by atoms with van der Waals surface area (Å²) in [6, 6.07) is 3.53. The minimum atomic E-state index is -4.89. The lowest BCUT2D eigenvalue weighted by Gasteiger charge is -2.20. The Labute approximate surface area is 151 Å². The highest BCUT2D eigenvalue weighted by atomic mass is 35.5.